The lowest BCUT2D eigenvalue weighted by Gasteiger charge is -2.38. The van der Waals surface area contributed by atoms with E-state index >= 15 is 0 Å². The van der Waals surface area contributed by atoms with Gasteiger partial charge in [-0.05, 0) is 44.5 Å². The maximum Gasteiger partial charge on any atom is 0.312 e. The summed E-state index contributed by atoms with van der Waals surface area (Å²) in [6, 6.07) is 3.64. The quantitative estimate of drug-likeness (QED) is 0.115. The number of aromatic hydroxyl groups is 2. The van der Waals surface area contributed by atoms with Crippen LogP contribution in [0, 0.1) is 37.5 Å². The Bertz CT molecular complexity index is 2380. The number of carbonyl (C=O) groups is 3. The highest BCUT2D eigenvalue weighted by Gasteiger charge is 2.50. The van der Waals surface area contributed by atoms with E-state index in [0.29, 0.717) is 5.65 Å². The predicted octanol–water partition coefficient (Wildman–Crippen LogP) is 6.16. The molecule has 4 aromatic rings. The molecule has 2 aliphatic heterocycles. The van der Waals surface area contributed by atoms with Crippen molar-refractivity contribution in [3.63, 3.8) is 0 Å². The van der Waals surface area contributed by atoms with Crippen LogP contribution in [0.15, 0.2) is 54.5 Å². The monoisotopic (exact) mass is 785 g/mol. The molecular formula is C43H51N3O11. The van der Waals surface area contributed by atoms with Crippen LogP contribution >= 0.6 is 0 Å². The van der Waals surface area contributed by atoms with E-state index in [2.05, 4.69) is 5.32 Å². The standard InChI is InChI=1S/C43H51N3O11/c1-19-14-16-46-28(18-19)44-32-29-30-37(50)25(7)40-31(29)41(52)43(9,57-40)55-17-15-27(54-10)22(4)39(56-26(8)47)24(6)36(49)23(5)35(48)20(2)12-11-13-21(3)42(53)45-33(34(32)46)38(30)51/h11-18,20,22-24,27,35-36,39,48-51H,1-10H3,(H,45,53)/b12-11+,17-15+,21-13-/t20-,22+,23+,24+,27-,35-,36-,39+,43-/m0/s1. The number of anilines is 1. The fourth-order valence-electron chi connectivity index (χ4n) is 8.03. The van der Waals surface area contributed by atoms with Crippen LogP contribution in [0.1, 0.15) is 70.0 Å². The Balaban J connectivity index is 1.58. The third-order valence-electron chi connectivity index (χ3n) is 11.5. The first-order chi connectivity index (χ1) is 26.8. The number of phenols is 2. The van der Waals surface area contributed by atoms with E-state index in [9.17, 15) is 34.8 Å². The van der Waals surface area contributed by atoms with Crippen molar-refractivity contribution in [2.45, 2.75) is 92.5 Å². The van der Waals surface area contributed by atoms with Gasteiger partial charge in [0.15, 0.2) is 5.75 Å². The third kappa shape index (κ3) is 7.10. The fraction of sp³-hybridized carbons (Fsp3) is 0.442. The van der Waals surface area contributed by atoms with Gasteiger partial charge in [0.25, 0.3) is 11.7 Å². The number of ketones is 1. The Labute approximate surface area is 330 Å². The first-order valence-corrected chi connectivity index (χ1v) is 19.0. The van der Waals surface area contributed by atoms with Crippen LogP contribution in [0.2, 0.25) is 0 Å². The molecule has 0 aliphatic carbocycles. The average Bonchev–Trinajstić information content (AvgIpc) is 3.67. The topological polar surface area (TPSA) is 198 Å². The number of nitrogens with zero attached hydrogens (tertiary/aromatic N) is 2. The van der Waals surface area contributed by atoms with Crippen LogP contribution < -0.4 is 10.1 Å². The first-order valence-electron chi connectivity index (χ1n) is 19.0. The number of nitrogens with one attached hydrogen (secondary N) is 1. The summed E-state index contributed by atoms with van der Waals surface area (Å²) in [5.74, 6) is -6.96. The summed E-state index contributed by atoms with van der Waals surface area (Å²) in [7, 11) is 1.46. The molecule has 4 heterocycles. The molecule has 0 radical (unpaired) electrons. The molecule has 14 heteroatoms. The third-order valence-corrected chi connectivity index (χ3v) is 11.5. The van der Waals surface area contributed by atoms with Gasteiger partial charge in [0.2, 0.25) is 0 Å². The molecule has 0 unspecified atom stereocenters. The molecule has 1 amide bonds. The lowest BCUT2D eigenvalue weighted by molar-refractivity contribution is -0.160. The number of methoxy groups -OCH3 is 1. The molecule has 4 bridgehead atoms. The molecule has 304 valence electrons. The number of Topliss-reactive ketones (excluding diaryl/α,β-unsaturated/α-hetero) is 1. The zero-order valence-electron chi connectivity index (χ0n) is 33.8. The zero-order valence-corrected chi connectivity index (χ0v) is 33.8. The van der Waals surface area contributed by atoms with Crippen molar-refractivity contribution < 1.29 is 53.8 Å². The van der Waals surface area contributed by atoms with Crippen LogP contribution in [0.25, 0.3) is 27.5 Å². The summed E-state index contributed by atoms with van der Waals surface area (Å²) >= 11 is 0. The van der Waals surface area contributed by atoms with Gasteiger partial charge in [-0.2, -0.15) is 0 Å². The number of aliphatic hydroxyl groups is 2. The number of fused-ring (bicyclic) bond motifs is 2. The number of allylic oxidation sites excluding steroid dienone is 2. The molecule has 6 rings (SSSR count). The highest BCUT2D eigenvalue weighted by molar-refractivity contribution is 6.28. The van der Waals surface area contributed by atoms with Crippen LogP contribution in [0.5, 0.6) is 17.2 Å². The Morgan fingerprint density at radius 2 is 1.68 bits per heavy atom. The number of carbonyl (C=O) groups excluding carboxylic acids is 3. The number of pyridine rings is 1. The SMILES string of the molecule is CO[C@H]1/C=C/O[C@@]2(C)Oc3c(C)c(O)c4c(O)c(c5c(nc6cc(C)ccn65)c4c3C2=O)NC(=O)/C(C)=C\C=C\[C@H](C)[C@H](O)[C@@H](C)[C@H](O)[C@@H](C)[C@H](OC(C)=O)[C@@H]1C. The second-order valence-corrected chi connectivity index (χ2v) is 15.6. The second kappa shape index (κ2) is 15.5. The van der Waals surface area contributed by atoms with Crippen molar-refractivity contribution in [1.29, 1.82) is 0 Å². The summed E-state index contributed by atoms with van der Waals surface area (Å²) in [5.41, 5.74) is 2.18. The van der Waals surface area contributed by atoms with Gasteiger partial charge >= 0.3 is 11.8 Å². The number of phenolic OH excluding ortho intramolecular Hbond substituents is 2. The van der Waals surface area contributed by atoms with Gasteiger partial charge in [0.05, 0.1) is 35.5 Å². The number of imidazole rings is 1. The Kier molecular flexibility index (Phi) is 11.2. The number of benzene rings is 2. The fourth-order valence-corrected chi connectivity index (χ4v) is 8.03. The molecule has 5 N–H and O–H groups in total. The van der Waals surface area contributed by atoms with Gasteiger partial charge < -0.3 is 44.7 Å². The average molecular weight is 786 g/mol. The Morgan fingerprint density at radius 1 is 0.982 bits per heavy atom. The van der Waals surface area contributed by atoms with Crippen molar-refractivity contribution in [1.82, 2.24) is 9.38 Å². The number of ether oxygens (including phenoxy) is 4. The molecule has 2 aromatic heterocycles. The van der Waals surface area contributed by atoms with E-state index in [4.69, 9.17) is 23.9 Å². The van der Waals surface area contributed by atoms with Gasteiger partial charge in [-0.25, -0.2) is 4.98 Å². The molecule has 9 atom stereocenters. The Morgan fingerprint density at radius 3 is 2.35 bits per heavy atom. The van der Waals surface area contributed by atoms with Crippen molar-refractivity contribution in [3.05, 3.63) is 71.2 Å². The van der Waals surface area contributed by atoms with E-state index in [-0.39, 0.29) is 55.7 Å². The maximum absolute atomic E-state index is 14.6. The molecule has 2 aliphatic rings. The smallest absolute Gasteiger partial charge is 0.312 e. The van der Waals surface area contributed by atoms with E-state index in [1.54, 1.807) is 63.4 Å². The molecule has 0 saturated heterocycles. The summed E-state index contributed by atoms with van der Waals surface area (Å²) in [5, 5.41) is 49.4. The molecule has 0 fully saturated rings. The normalized spacial score (nSPS) is 30.8. The van der Waals surface area contributed by atoms with E-state index in [1.807, 2.05) is 19.1 Å². The number of aromatic nitrogens is 2. The van der Waals surface area contributed by atoms with Crippen molar-refractivity contribution in [3.8, 4) is 17.2 Å². The second-order valence-electron chi connectivity index (χ2n) is 15.6. The van der Waals surface area contributed by atoms with Gasteiger partial charge in [-0.1, -0.05) is 45.9 Å². The van der Waals surface area contributed by atoms with Crippen LogP contribution in [0.3, 0.4) is 0 Å². The molecule has 0 spiro atoms. The van der Waals surface area contributed by atoms with E-state index < -0.39 is 77.3 Å². The molecule has 2 aromatic carbocycles. The van der Waals surface area contributed by atoms with Gasteiger partial charge in [-0.15, -0.1) is 0 Å². The number of aliphatic hydroxyl groups excluding tert-OH is 2. The first kappa shape index (κ1) is 41.2. The number of amides is 1. The Hall–Kier alpha value is -5.44. The van der Waals surface area contributed by atoms with Crippen molar-refractivity contribution in [2.75, 3.05) is 12.4 Å². The molecule has 14 nitrogen and oxygen atoms in total. The van der Waals surface area contributed by atoms with Gasteiger partial charge in [0, 0.05) is 67.3 Å². The predicted molar refractivity (Wildman–Crippen MR) is 213 cm³/mol. The zero-order chi connectivity index (χ0) is 41.8. The van der Waals surface area contributed by atoms with Crippen molar-refractivity contribution >= 4 is 50.8 Å². The molecule has 57 heavy (non-hydrogen) atoms. The lowest BCUT2D eigenvalue weighted by atomic mass is 9.78. The maximum atomic E-state index is 14.6. The van der Waals surface area contributed by atoms with E-state index in [1.165, 1.54) is 40.2 Å². The lowest BCUT2D eigenvalue weighted by Crippen LogP contribution is -2.46. The van der Waals surface area contributed by atoms with Crippen LogP contribution in [0.4, 0.5) is 5.69 Å². The number of hydrogen-bond acceptors (Lipinski definition) is 12. The van der Waals surface area contributed by atoms with Crippen molar-refractivity contribution in [2.24, 2.45) is 23.7 Å². The number of rotatable bonds is 2. The minimum absolute atomic E-state index is 0.0185. The molecule has 0 saturated carbocycles. The summed E-state index contributed by atoms with van der Waals surface area (Å²) in [6.07, 6.45) is 5.62. The minimum Gasteiger partial charge on any atom is -0.507 e. The number of hydrogen-bond donors (Lipinski definition) is 5. The van der Waals surface area contributed by atoms with Crippen LogP contribution in [-0.2, 0) is 23.8 Å². The summed E-state index contributed by atoms with van der Waals surface area (Å²) in [6.45, 7) is 14.7. The number of esters is 1. The van der Waals surface area contributed by atoms with E-state index in [0.717, 1.165) is 5.56 Å². The summed E-state index contributed by atoms with van der Waals surface area (Å²) < 4.78 is 25.5. The van der Waals surface area contributed by atoms with Crippen LogP contribution in [-0.4, -0.2) is 84.8 Å². The van der Waals surface area contributed by atoms with Gasteiger partial charge in [0.1, 0.15) is 40.0 Å². The summed E-state index contributed by atoms with van der Waals surface area (Å²) in [4.78, 5) is 45.6. The highest BCUT2D eigenvalue weighted by Crippen LogP contribution is 2.54. The number of aryl methyl sites for hydroxylation is 1. The molecular weight excluding hydrogens is 734 g/mol. The highest BCUT2D eigenvalue weighted by atomic mass is 16.7. The minimum atomic E-state index is -1.96. The largest absolute Gasteiger partial charge is 0.507 e. The van der Waals surface area contributed by atoms with Gasteiger partial charge in [-0.3, -0.25) is 18.8 Å².